The van der Waals surface area contributed by atoms with Gasteiger partial charge in [-0.2, -0.15) is 0 Å². The fourth-order valence-electron chi connectivity index (χ4n) is 6.83. The molecule has 2 heterocycles. The predicted molar refractivity (Wildman–Crippen MR) is 208 cm³/mol. The van der Waals surface area contributed by atoms with Gasteiger partial charge in [-0.3, -0.25) is 0 Å². The minimum atomic E-state index is -0.836. The summed E-state index contributed by atoms with van der Waals surface area (Å²) >= 11 is 1.58. The summed E-state index contributed by atoms with van der Waals surface area (Å²) in [5.74, 6) is 1.65. The monoisotopic (exact) mass is 687 g/mol. The molecular formula is C43H41N7S. The van der Waals surface area contributed by atoms with Crippen LogP contribution >= 0.6 is 11.8 Å². The highest BCUT2D eigenvalue weighted by molar-refractivity contribution is 7.98. The van der Waals surface area contributed by atoms with Crippen molar-refractivity contribution in [3.63, 3.8) is 0 Å². The van der Waals surface area contributed by atoms with Crippen molar-refractivity contribution in [2.75, 3.05) is 17.7 Å². The number of aryl methyl sites for hydroxylation is 1. The van der Waals surface area contributed by atoms with Gasteiger partial charge in [-0.1, -0.05) is 165 Å². The number of benzene rings is 5. The smallest absolute Gasteiger partial charge is 0.189 e. The highest BCUT2D eigenvalue weighted by Gasteiger charge is 2.42. The van der Waals surface area contributed by atoms with E-state index in [1.54, 1.807) is 11.8 Å². The normalized spacial score (nSPS) is 11.4. The first kappa shape index (κ1) is 33.9. The lowest BCUT2D eigenvalue weighted by Crippen LogP contribution is -2.39. The molecule has 0 fully saturated rings. The van der Waals surface area contributed by atoms with Crippen LogP contribution in [0.15, 0.2) is 151 Å². The Kier molecular flexibility index (Phi) is 10.3. The molecule has 2 aromatic heterocycles. The molecule has 0 aliphatic heterocycles. The second-order valence-electron chi connectivity index (χ2n) is 12.6. The lowest BCUT2D eigenvalue weighted by atomic mass is 9.77. The van der Waals surface area contributed by atoms with Crippen LogP contribution < -0.4 is 4.90 Å². The standard InChI is InChI=1S/C43H41N7S/c1-4-5-29-49(40-30-32(2)44-42(45-40)51-3)31-33-25-27-34(28-26-33)38-23-15-16-24-39(38)41-46-47-48-50(41)43(35-17-9-6-10-18-35,36-19-11-7-12-20-36)37-21-13-8-14-22-37/h6-28,30H,4-5,29,31H2,1-3H3. The maximum atomic E-state index is 4.86. The van der Waals surface area contributed by atoms with E-state index in [0.29, 0.717) is 5.82 Å². The average Bonchev–Trinajstić information content (AvgIpc) is 3.68. The Morgan fingerprint density at radius 3 is 1.82 bits per heavy atom. The van der Waals surface area contributed by atoms with E-state index in [-0.39, 0.29) is 0 Å². The Bertz CT molecular complexity index is 2070. The molecule has 7 nitrogen and oxygen atoms in total. The molecule has 51 heavy (non-hydrogen) atoms. The van der Waals surface area contributed by atoms with Crippen molar-refractivity contribution in [3.05, 3.63) is 174 Å². The van der Waals surface area contributed by atoms with Gasteiger partial charge in [-0.05, 0) is 63.4 Å². The lowest BCUT2D eigenvalue weighted by Gasteiger charge is -2.36. The molecule has 0 unspecified atom stereocenters. The number of nitrogens with zero attached hydrogens (tertiary/aromatic N) is 7. The molecule has 0 saturated heterocycles. The molecule has 254 valence electrons. The third-order valence-electron chi connectivity index (χ3n) is 9.28. The van der Waals surface area contributed by atoms with E-state index in [1.807, 2.05) is 36.1 Å². The number of hydrogen-bond donors (Lipinski definition) is 0. The second kappa shape index (κ2) is 15.5. The molecule has 5 aromatic carbocycles. The van der Waals surface area contributed by atoms with Crippen LogP contribution in [0.25, 0.3) is 22.5 Å². The molecule has 0 aliphatic rings. The van der Waals surface area contributed by atoms with Gasteiger partial charge in [0.25, 0.3) is 0 Å². The van der Waals surface area contributed by atoms with Crippen LogP contribution in [0.1, 0.15) is 47.7 Å². The summed E-state index contributed by atoms with van der Waals surface area (Å²) in [6.07, 6.45) is 4.23. The molecule has 0 bridgehead atoms. The molecular weight excluding hydrogens is 647 g/mol. The van der Waals surface area contributed by atoms with Gasteiger partial charge in [0.1, 0.15) is 11.4 Å². The number of hydrogen-bond acceptors (Lipinski definition) is 7. The van der Waals surface area contributed by atoms with Gasteiger partial charge in [0.2, 0.25) is 0 Å². The molecule has 0 radical (unpaired) electrons. The van der Waals surface area contributed by atoms with Crippen LogP contribution in [0.4, 0.5) is 5.82 Å². The van der Waals surface area contributed by atoms with Crippen molar-refractivity contribution in [1.29, 1.82) is 0 Å². The summed E-state index contributed by atoms with van der Waals surface area (Å²) < 4.78 is 2.00. The zero-order valence-electron chi connectivity index (χ0n) is 29.2. The first-order valence-electron chi connectivity index (χ1n) is 17.4. The third-order valence-corrected chi connectivity index (χ3v) is 9.82. The maximum absolute atomic E-state index is 4.86. The first-order valence-corrected chi connectivity index (χ1v) is 18.6. The Hall–Kier alpha value is -5.60. The van der Waals surface area contributed by atoms with Crippen molar-refractivity contribution in [1.82, 2.24) is 30.2 Å². The van der Waals surface area contributed by atoms with Crippen LogP contribution in [0, 0.1) is 6.92 Å². The summed E-state index contributed by atoms with van der Waals surface area (Å²) in [6, 6.07) is 50.9. The van der Waals surface area contributed by atoms with E-state index in [9.17, 15) is 0 Å². The van der Waals surface area contributed by atoms with Crippen molar-refractivity contribution in [2.45, 2.75) is 43.9 Å². The largest absolute Gasteiger partial charge is 0.352 e. The quantitative estimate of drug-likeness (QED) is 0.0679. The van der Waals surface area contributed by atoms with Crippen LogP contribution in [0.3, 0.4) is 0 Å². The maximum Gasteiger partial charge on any atom is 0.189 e. The Balaban J connectivity index is 1.31. The number of aromatic nitrogens is 6. The van der Waals surface area contributed by atoms with E-state index in [0.717, 1.165) is 76.0 Å². The average molecular weight is 688 g/mol. The molecule has 0 saturated carbocycles. The predicted octanol–water partition coefficient (Wildman–Crippen LogP) is 9.47. The van der Waals surface area contributed by atoms with Crippen LogP contribution in [0.5, 0.6) is 0 Å². The van der Waals surface area contributed by atoms with E-state index in [4.69, 9.17) is 15.3 Å². The molecule has 0 atom stereocenters. The summed E-state index contributed by atoms with van der Waals surface area (Å²) in [5.41, 5.74) is 7.66. The molecule has 0 N–H and O–H groups in total. The lowest BCUT2D eigenvalue weighted by molar-refractivity contribution is 0.451. The molecule has 0 aliphatic carbocycles. The summed E-state index contributed by atoms with van der Waals surface area (Å²) in [6.45, 7) is 5.95. The van der Waals surface area contributed by atoms with Crippen molar-refractivity contribution in [3.8, 4) is 22.5 Å². The topological polar surface area (TPSA) is 72.6 Å². The van der Waals surface area contributed by atoms with Gasteiger partial charge in [-0.25, -0.2) is 14.6 Å². The van der Waals surface area contributed by atoms with E-state index in [2.05, 4.69) is 149 Å². The summed E-state index contributed by atoms with van der Waals surface area (Å²) in [7, 11) is 0. The third kappa shape index (κ3) is 6.92. The summed E-state index contributed by atoms with van der Waals surface area (Å²) in [4.78, 5) is 11.8. The van der Waals surface area contributed by atoms with Crippen molar-refractivity contribution in [2.24, 2.45) is 0 Å². The van der Waals surface area contributed by atoms with Gasteiger partial charge in [0, 0.05) is 30.4 Å². The molecule has 0 amide bonds. The number of anilines is 1. The van der Waals surface area contributed by atoms with E-state index < -0.39 is 5.54 Å². The van der Waals surface area contributed by atoms with Gasteiger partial charge >= 0.3 is 0 Å². The minimum Gasteiger partial charge on any atom is -0.352 e. The van der Waals surface area contributed by atoms with Gasteiger partial charge < -0.3 is 4.90 Å². The number of unbranched alkanes of at least 4 members (excludes halogenated alkanes) is 1. The zero-order chi connectivity index (χ0) is 35.0. The minimum absolute atomic E-state index is 0.681. The highest BCUT2D eigenvalue weighted by Crippen LogP contribution is 2.43. The SMILES string of the molecule is CCCCN(Cc1ccc(-c2ccccc2-c2nnnn2C(c2ccccc2)(c2ccccc2)c2ccccc2)cc1)c1cc(C)nc(SC)n1. The number of thioether (sulfide) groups is 1. The van der Waals surface area contributed by atoms with Gasteiger partial charge in [0.15, 0.2) is 11.0 Å². The Morgan fingerprint density at radius 1 is 0.686 bits per heavy atom. The molecule has 7 rings (SSSR count). The second-order valence-corrected chi connectivity index (χ2v) is 13.4. The molecule has 0 spiro atoms. The fourth-order valence-corrected chi connectivity index (χ4v) is 7.25. The van der Waals surface area contributed by atoms with Crippen molar-refractivity contribution < 1.29 is 0 Å². The number of rotatable bonds is 13. The Morgan fingerprint density at radius 2 is 1.25 bits per heavy atom. The first-order chi connectivity index (χ1) is 25.1. The molecule has 8 heteroatoms. The fraction of sp³-hybridized carbons (Fsp3) is 0.186. The van der Waals surface area contributed by atoms with Crippen molar-refractivity contribution >= 4 is 17.6 Å². The van der Waals surface area contributed by atoms with E-state index in [1.165, 1.54) is 5.56 Å². The zero-order valence-corrected chi connectivity index (χ0v) is 30.0. The Labute approximate surface area is 304 Å². The highest BCUT2D eigenvalue weighted by atomic mass is 32.2. The number of tetrazole rings is 1. The van der Waals surface area contributed by atoms with E-state index >= 15 is 0 Å². The summed E-state index contributed by atoms with van der Waals surface area (Å²) in [5, 5.41) is 14.7. The van der Waals surface area contributed by atoms with Crippen LogP contribution in [-0.2, 0) is 12.1 Å². The van der Waals surface area contributed by atoms with Gasteiger partial charge in [-0.15, -0.1) is 5.10 Å². The molecule has 7 aromatic rings. The van der Waals surface area contributed by atoms with Crippen LogP contribution in [0.2, 0.25) is 0 Å². The van der Waals surface area contributed by atoms with Gasteiger partial charge in [0.05, 0.1) is 0 Å². The van der Waals surface area contributed by atoms with Crippen LogP contribution in [-0.4, -0.2) is 43.0 Å².